The van der Waals surface area contributed by atoms with E-state index in [1.807, 2.05) is 30.3 Å². The van der Waals surface area contributed by atoms with Gasteiger partial charge in [0.2, 0.25) is 0 Å². The second kappa shape index (κ2) is 7.28. The summed E-state index contributed by atoms with van der Waals surface area (Å²) in [4.78, 5) is 11.0. The molecular weight excluding hydrogens is 280 g/mol. The van der Waals surface area contributed by atoms with E-state index in [1.165, 1.54) is 6.92 Å². The lowest BCUT2D eigenvalue weighted by Crippen LogP contribution is -2.20. The van der Waals surface area contributed by atoms with Crippen LogP contribution in [0.25, 0.3) is 6.08 Å². The Morgan fingerprint density at radius 1 is 1.53 bits per heavy atom. The van der Waals surface area contributed by atoms with E-state index in [-0.39, 0.29) is 12.1 Å². The Morgan fingerprint density at radius 3 is 2.82 bits per heavy atom. The number of rotatable bonds is 6. The molecule has 0 saturated heterocycles. The molecule has 17 heavy (non-hydrogen) atoms. The third-order valence-corrected chi connectivity index (χ3v) is 2.94. The zero-order valence-corrected chi connectivity index (χ0v) is 11.6. The summed E-state index contributed by atoms with van der Waals surface area (Å²) in [5.41, 5.74) is 2.26. The molecule has 1 aromatic carbocycles. The second-order valence-corrected chi connectivity index (χ2v) is 4.61. The SMILES string of the molecule is C=Cc1ccccc1CC(CCBr)OC(C)=O. The number of hydrogen-bond acceptors (Lipinski definition) is 2. The van der Waals surface area contributed by atoms with Gasteiger partial charge in [0.05, 0.1) is 0 Å². The van der Waals surface area contributed by atoms with Gasteiger partial charge in [-0.2, -0.15) is 0 Å². The number of carbonyl (C=O) groups excluding carboxylic acids is 1. The Kier molecular flexibility index (Phi) is 5.98. The van der Waals surface area contributed by atoms with Gasteiger partial charge in [-0.15, -0.1) is 0 Å². The molecule has 2 nitrogen and oxygen atoms in total. The summed E-state index contributed by atoms with van der Waals surface area (Å²) in [7, 11) is 0. The maximum Gasteiger partial charge on any atom is 0.302 e. The van der Waals surface area contributed by atoms with E-state index in [2.05, 4.69) is 22.5 Å². The molecule has 0 aliphatic carbocycles. The summed E-state index contributed by atoms with van der Waals surface area (Å²) < 4.78 is 5.29. The minimum atomic E-state index is -0.230. The molecule has 92 valence electrons. The molecule has 0 radical (unpaired) electrons. The first-order valence-corrected chi connectivity index (χ1v) is 6.73. The van der Waals surface area contributed by atoms with E-state index in [0.29, 0.717) is 0 Å². The van der Waals surface area contributed by atoms with Crippen molar-refractivity contribution in [2.75, 3.05) is 5.33 Å². The van der Waals surface area contributed by atoms with Crippen molar-refractivity contribution in [3.05, 3.63) is 42.0 Å². The molecule has 0 spiro atoms. The van der Waals surface area contributed by atoms with Crippen molar-refractivity contribution >= 4 is 28.0 Å². The fourth-order valence-corrected chi connectivity index (χ4v) is 2.23. The maximum absolute atomic E-state index is 11.0. The number of benzene rings is 1. The normalized spacial score (nSPS) is 11.9. The van der Waals surface area contributed by atoms with Gasteiger partial charge in [0, 0.05) is 18.7 Å². The van der Waals surface area contributed by atoms with Gasteiger partial charge in [0.1, 0.15) is 6.10 Å². The van der Waals surface area contributed by atoms with Crippen molar-refractivity contribution in [1.82, 2.24) is 0 Å². The number of alkyl halides is 1. The number of halogens is 1. The molecule has 0 N–H and O–H groups in total. The highest BCUT2D eigenvalue weighted by molar-refractivity contribution is 9.09. The van der Waals surface area contributed by atoms with Crippen molar-refractivity contribution in [3.8, 4) is 0 Å². The van der Waals surface area contributed by atoms with Crippen LogP contribution >= 0.6 is 15.9 Å². The molecule has 3 heteroatoms. The molecule has 0 aliphatic rings. The number of ether oxygens (including phenoxy) is 1. The molecule has 0 saturated carbocycles. The van der Waals surface area contributed by atoms with Crippen LogP contribution in [0.15, 0.2) is 30.8 Å². The van der Waals surface area contributed by atoms with Crippen LogP contribution in [0.2, 0.25) is 0 Å². The van der Waals surface area contributed by atoms with E-state index in [4.69, 9.17) is 4.74 Å². The van der Waals surface area contributed by atoms with Gasteiger partial charge in [-0.3, -0.25) is 4.79 Å². The molecule has 0 bridgehead atoms. The quantitative estimate of drug-likeness (QED) is 0.592. The van der Waals surface area contributed by atoms with E-state index in [0.717, 1.165) is 29.3 Å². The molecule has 0 heterocycles. The van der Waals surface area contributed by atoms with Gasteiger partial charge >= 0.3 is 5.97 Å². The molecule has 0 aromatic heterocycles. The van der Waals surface area contributed by atoms with Crippen LogP contribution in [0.3, 0.4) is 0 Å². The fraction of sp³-hybridized carbons (Fsp3) is 0.357. The minimum Gasteiger partial charge on any atom is -0.462 e. The molecule has 0 fully saturated rings. The zero-order chi connectivity index (χ0) is 12.7. The molecule has 0 amide bonds. The topological polar surface area (TPSA) is 26.3 Å². The third kappa shape index (κ3) is 4.73. The van der Waals surface area contributed by atoms with Crippen LogP contribution in [-0.4, -0.2) is 17.4 Å². The Balaban J connectivity index is 2.77. The highest BCUT2D eigenvalue weighted by Gasteiger charge is 2.13. The van der Waals surface area contributed by atoms with Gasteiger partial charge in [0.15, 0.2) is 0 Å². The summed E-state index contributed by atoms with van der Waals surface area (Å²) in [6.07, 6.45) is 3.29. The second-order valence-electron chi connectivity index (χ2n) is 3.82. The lowest BCUT2D eigenvalue weighted by Gasteiger charge is -2.17. The monoisotopic (exact) mass is 296 g/mol. The van der Waals surface area contributed by atoms with Gasteiger partial charge in [-0.05, 0) is 17.5 Å². The van der Waals surface area contributed by atoms with Crippen LogP contribution in [0.1, 0.15) is 24.5 Å². The molecule has 1 unspecified atom stereocenters. The van der Waals surface area contributed by atoms with Gasteiger partial charge in [-0.1, -0.05) is 52.9 Å². The van der Waals surface area contributed by atoms with Crippen LogP contribution in [-0.2, 0) is 16.0 Å². The fourth-order valence-electron chi connectivity index (χ4n) is 1.72. The number of esters is 1. The predicted molar refractivity (Wildman–Crippen MR) is 74.2 cm³/mol. The summed E-state index contributed by atoms with van der Waals surface area (Å²) in [6.45, 7) is 5.23. The van der Waals surface area contributed by atoms with Crippen LogP contribution < -0.4 is 0 Å². The van der Waals surface area contributed by atoms with E-state index < -0.39 is 0 Å². The Labute approximate surface area is 111 Å². The largest absolute Gasteiger partial charge is 0.462 e. The van der Waals surface area contributed by atoms with E-state index in [1.54, 1.807) is 0 Å². The number of hydrogen-bond donors (Lipinski definition) is 0. The minimum absolute atomic E-state index is 0.0759. The lowest BCUT2D eigenvalue weighted by atomic mass is 10.0. The number of carbonyl (C=O) groups is 1. The third-order valence-electron chi connectivity index (χ3n) is 2.49. The molecule has 1 rings (SSSR count). The molecule has 1 atom stereocenters. The van der Waals surface area contributed by atoms with Crippen LogP contribution in [0.4, 0.5) is 0 Å². The average molecular weight is 297 g/mol. The molecular formula is C14H17BrO2. The Morgan fingerprint density at radius 2 is 2.24 bits per heavy atom. The smallest absolute Gasteiger partial charge is 0.302 e. The highest BCUT2D eigenvalue weighted by atomic mass is 79.9. The standard InChI is InChI=1S/C14H17BrO2/c1-3-12-6-4-5-7-13(12)10-14(8-9-15)17-11(2)16/h3-7,14H,1,8-10H2,2H3. The first-order valence-electron chi connectivity index (χ1n) is 5.61. The first kappa shape index (κ1) is 14.0. The highest BCUT2D eigenvalue weighted by Crippen LogP contribution is 2.16. The summed E-state index contributed by atoms with van der Waals surface area (Å²) in [6, 6.07) is 8.02. The predicted octanol–water partition coefficient (Wildman–Crippen LogP) is 3.59. The summed E-state index contributed by atoms with van der Waals surface area (Å²) in [5.74, 6) is -0.230. The van der Waals surface area contributed by atoms with Crippen molar-refractivity contribution < 1.29 is 9.53 Å². The maximum atomic E-state index is 11.0. The summed E-state index contributed by atoms with van der Waals surface area (Å²) >= 11 is 3.38. The zero-order valence-electron chi connectivity index (χ0n) is 9.99. The van der Waals surface area contributed by atoms with E-state index >= 15 is 0 Å². The van der Waals surface area contributed by atoms with Crippen LogP contribution in [0.5, 0.6) is 0 Å². The van der Waals surface area contributed by atoms with Crippen molar-refractivity contribution in [1.29, 1.82) is 0 Å². The lowest BCUT2D eigenvalue weighted by molar-refractivity contribution is -0.146. The van der Waals surface area contributed by atoms with Gasteiger partial charge < -0.3 is 4.74 Å². The Hall–Kier alpha value is -1.09. The average Bonchev–Trinajstić information content (AvgIpc) is 2.29. The molecule has 1 aromatic rings. The molecule has 0 aliphatic heterocycles. The van der Waals surface area contributed by atoms with E-state index in [9.17, 15) is 4.79 Å². The van der Waals surface area contributed by atoms with Crippen molar-refractivity contribution in [2.24, 2.45) is 0 Å². The van der Waals surface area contributed by atoms with Crippen molar-refractivity contribution in [3.63, 3.8) is 0 Å². The first-order chi connectivity index (χ1) is 8.17. The van der Waals surface area contributed by atoms with Gasteiger partial charge in [0.25, 0.3) is 0 Å². The Bertz CT molecular complexity index is 388. The van der Waals surface area contributed by atoms with Gasteiger partial charge in [-0.25, -0.2) is 0 Å². The summed E-state index contributed by atoms with van der Waals surface area (Å²) in [5, 5.41) is 0.821. The van der Waals surface area contributed by atoms with Crippen LogP contribution in [0, 0.1) is 0 Å². The van der Waals surface area contributed by atoms with Crippen molar-refractivity contribution in [2.45, 2.75) is 25.9 Å².